The minimum absolute atomic E-state index is 0.0549. The van der Waals surface area contributed by atoms with E-state index in [9.17, 15) is 18.0 Å². The highest BCUT2D eigenvalue weighted by atomic mass is 32.1. The van der Waals surface area contributed by atoms with Gasteiger partial charge in [0.15, 0.2) is 0 Å². The largest absolute Gasteiger partial charge is 0.465 e. The lowest BCUT2D eigenvalue weighted by Crippen LogP contribution is -2.07. The van der Waals surface area contributed by atoms with Gasteiger partial charge < -0.3 is 10.5 Å². The van der Waals surface area contributed by atoms with E-state index in [1.807, 2.05) is 0 Å². The predicted octanol–water partition coefficient (Wildman–Crippen LogP) is 2.68. The zero-order valence-electron chi connectivity index (χ0n) is 9.04. The average molecular weight is 276 g/mol. The van der Waals surface area contributed by atoms with Crippen molar-refractivity contribution >= 4 is 33.2 Å². The van der Waals surface area contributed by atoms with Crippen molar-refractivity contribution in [2.75, 3.05) is 12.8 Å². The van der Waals surface area contributed by atoms with Crippen LogP contribution in [-0.2, 0) is 10.9 Å². The quantitative estimate of drug-likeness (QED) is 0.813. The number of carbonyl (C=O) groups is 1. The molecule has 0 aromatic carbocycles. The zero-order chi connectivity index (χ0) is 13.5. The van der Waals surface area contributed by atoms with E-state index in [4.69, 9.17) is 5.73 Å². The second-order valence-corrected chi connectivity index (χ2v) is 4.38. The number of hydrogen-bond acceptors (Lipinski definition) is 5. The number of anilines is 1. The van der Waals surface area contributed by atoms with E-state index in [2.05, 4.69) is 9.72 Å². The summed E-state index contributed by atoms with van der Waals surface area (Å²) in [5.41, 5.74) is 4.73. The summed E-state index contributed by atoms with van der Waals surface area (Å²) >= 11 is 0.776. The van der Waals surface area contributed by atoms with Gasteiger partial charge in [-0.25, -0.2) is 9.78 Å². The highest BCUT2D eigenvalue weighted by Crippen LogP contribution is 2.36. The third kappa shape index (κ3) is 1.99. The third-order valence-electron chi connectivity index (χ3n) is 2.26. The number of aromatic nitrogens is 1. The molecular weight excluding hydrogens is 269 g/mol. The number of thiophene rings is 1. The minimum Gasteiger partial charge on any atom is -0.465 e. The third-order valence-corrected chi connectivity index (χ3v) is 3.35. The molecule has 2 heterocycles. The van der Waals surface area contributed by atoms with Crippen molar-refractivity contribution in [3.05, 3.63) is 22.7 Å². The maximum atomic E-state index is 12.5. The maximum absolute atomic E-state index is 12.5. The molecule has 2 N–H and O–H groups in total. The smallest absolute Gasteiger partial charge is 0.433 e. The van der Waals surface area contributed by atoms with Crippen molar-refractivity contribution in [3.8, 4) is 0 Å². The molecular formula is C10H7F3N2O2S. The molecule has 0 bridgehead atoms. The maximum Gasteiger partial charge on any atom is 0.433 e. The fourth-order valence-electron chi connectivity index (χ4n) is 1.40. The molecule has 0 amide bonds. The Balaban J connectivity index is 2.62. The second kappa shape index (κ2) is 4.13. The van der Waals surface area contributed by atoms with Crippen LogP contribution in [0.2, 0.25) is 0 Å². The van der Waals surface area contributed by atoms with E-state index < -0.39 is 17.8 Å². The Bertz CT molecular complexity index is 621. The molecule has 2 rings (SSSR count). The van der Waals surface area contributed by atoms with Crippen LogP contribution in [0, 0.1) is 0 Å². The standard InChI is InChI=1S/C10H7F3N2O2S/c1-17-9(16)7-6(14)4-2-3-5(10(11,12)13)15-8(4)18-7/h2-3H,14H2,1H3. The van der Waals surface area contributed by atoms with E-state index >= 15 is 0 Å². The van der Waals surface area contributed by atoms with Crippen molar-refractivity contribution in [3.63, 3.8) is 0 Å². The molecule has 8 heteroatoms. The van der Waals surface area contributed by atoms with Gasteiger partial charge in [0, 0.05) is 5.39 Å². The predicted molar refractivity (Wildman–Crippen MR) is 60.4 cm³/mol. The van der Waals surface area contributed by atoms with Crippen LogP contribution in [0.3, 0.4) is 0 Å². The molecule has 0 spiro atoms. The summed E-state index contributed by atoms with van der Waals surface area (Å²) < 4.78 is 41.9. The first-order valence-corrected chi connectivity index (χ1v) is 5.50. The Labute approximate surface area is 103 Å². The van der Waals surface area contributed by atoms with Crippen LogP contribution in [0.1, 0.15) is 15.4 Å². The van der Waals surface area contributed by atoms with Gasteiger partial charge in [-0.3, -0.25) is 0 Å². The molecule has 0 radical (unpaired) electrons. The molecule has 0 atom stereocenters. The molecule has 96 valence electrons. The van der Waals surface area contributed by atoms with Crippen molar-refractivity contribution < 1.29 is 22.7 Å². The SMILES string of the molecule is COC(=O)c1sc2nc(C(F)(F)F)ccc2c1N. The fourth-order valence-corrected chi connectivity index (χ4v) is 2.41. The first-order chi connectivity index (χ1) is 8.34. The molecule has 0 aliphatic carbocycles. The van der Waals surface area contributed by atoms with Crippen molar-refractivity contribution in [1.29, 1.82) is 0 Å². The summed E-state index contributed by atoms with van der Waals surface area (Å²) in [7, 11) is 1.17. The molecule has 0 unspecified atom stereocenters. The van der Waals surface area contributed by atoms with Gasteiger partial charge >= 0.3 is 12.1 Å². The van der Waals surface area contributed by atoms with Gasteiger partial charge in [-0.15, -0.1) is 11.3 Å². The number of fused-ring (bicyclic) bond motifs is 1. The number of methoxy groups -OCH3 is 1. The molecule has 0 aliphatic heterocycles. The molecule has 0 saturated heterocycles. The normalized spacial score (nSPS) is 11.8. The molecule has 2 aromatic rings. The lowest BCUT2D eigenvalue weighted by molar-refractivity contribution is -0.140. The Hall–Kier alpha value is -1.83. The monoisotopic (exact) mass is 276 g/mol. The van der Waals surface area contributed by atoms with Crippen molar-refractivity contribution in [2.45, 2.75) is 6.18 Å². The van der Waals surface area contributed by atoms with Gasteiger partial charge in [-0.1, -0.05) is 0 Å². The van der Waals surface area contributed by atoms with Gasteiger partial charge in [0.25, 0.3) is 0 Å². The molecule has 0 aliphatic rings. The summed E-state index contributed by atoms with van der Waals surface area (Å²) in [5, 5.41) is 0.313. The second-order valence-electron chi connectivity index (χ2n) is 3.38. The number of ether oxygens (including phenoxy) is 1. The van der Waals surface area contributed by atoms with E-state index in [1.165, 1.54) is 13.2 Å². The van der Waals surface area contributed by atoms with Crippen LogP contribution in [0.5, 0.6) is 0 Å². The van der Waals surface area contributed by atoms with Gasteiger partial charge in [-0.05, 0) is 12.1 Å². The fraction of sp³-hybridized carbons (Fsp3) is 0.200. The van der Waals surface area contributed by atoms with Crippen LogP contribution in [0.25, 0.3) is 10.2 Å². The minimum atomic E-state index is -4.53. The number of nitrogen functional groups attached to an aromatic ring is 1. The zero-order valence-corrected chi connectivity index (χ0v) is 9.85. The Morgan fingerprint density at radius 3 is 2.67 bits per heavy atom. The highest BCUT2D eigenvalue weighted by Gasteiger charge is 2.33. The topological polar surface area (TPSA) is 65.2 Å². The summed E-state index contributed by atoms with van der Waals surface area (Å²) in [6, 6.07) is 2.02. The van der Waals surface area contributed by atoms with Crippen LogP contribution < -0.4 is 5.73 Å². The number of alkyl halides is 3. The summed E-state index contributed by atoms with van der Waals surface area (Å²) in [5.74, 6) is -0.691. The lowest BCUT2D eigenvalue weighted by Gasteiger charge is -2.04. The summed E-state index contributed by atoms with van der Waals surface area (Å²) in [6.07, 6.45) is -4.53. The number of pyridine rings is 1. The summed E-state index contributed by atoms with van der Waals surface area (Å²) in [4.78, 5) is 14.9. The molecule has 0 saturated carbocycles. The first-order valence-electron chi connectivity index (χ1n) is 4.69. The highest BCUT2D eigenvalue weighted by molar-refractivity contribution is 7.21. The molecule has 18 heavy (non-hydrogen) atoms. The first kappa shape index (κ1) is 12.6. The van der Waals surface area contributed by atoms with Crippen LogP contribution in [0.15, 0.2) is 12.1 Å². The van der Waals surface area contributed by atoms with Gasteiger partial charge in [-0.2, -0.15) is 13.2 Å². The molecule has 2 aromatic heterocycles. The van der Waals surface area contributed by atoms with Gasteiger partial charge in [0.1, 0.15) is 15.4 Å². The van der Waals surface area contributed by atoms with E-state index in [1.54, 1.807) is 0 Å². The number of hydrogen-bond donors (Lipinski definition) is 1. The Morgan fingerprint density at radius 2 is 2.11 bits per heavy atom. The average Bonchev–Trinajstić information content (AvgIpc) is 2.64. The number of nitrogens with zero attached hydrogens (tertiary/aromatic N) is 1. The van der Waals surface area contributed by atoms with Crippen molar-refractivity contribution in [1.82, 2.24) is 4.98 Å². The van der Waals surface area contributed by atoms with E-state index in [0.717, 1.165) is 17.4 Å². The Morgan fingerprint density at radius 1 is 1.44 bits per heavy atom. The van der Waals surface area contributed by atoms with E-state index in [-0.39, 0.29) is 15.4 Å². The lowest BCUT2D eigenvalue weighted by atomic mass is 10.2. The van der Waals surface area contributed by atoms with Gasteiger partial charge in [0.05, 0.1) is 12.8 Å². The number of halogens is 3. The van der Waals surface area contributed by atoms with Crippen LogP contribution >= 0.6 is 11.3 Å². The Kier molecular flexibility index (Phi) is 2.89. The molecule has 4 nitrogen and oxygen atoms in total. The van der Waals surface area contributed by atoms with Crippen molar-refractivity contribution in [2.24, 2.45) is 0 Å². The van der Waals surface area contributed by atoms with Gasteiger partial charge in [0.2, 0.25) is 0 Å². The number of carbonyl (C=O) groups excluding carboxylic acids is 1. The molecule has 0 fully saturated rings. The van der Waals surface area contributed by atoms with Crippen LogP contribution in [0.4, 0.5) is 18.9 Å². The number of esters is 1. The summed E-state index contributed by atoms with van der Waals surface area (Å²) in [6.45, 7) is 0. The van der Waals surface area contributed by atoms with E-state index in [0.29, 0.717) is 5.39 Å². The number of nitrogens with two attached hydrogens (primary N) is 1. The number of rotatable bonds is 1. The van der Waals surface area contributed by atoms with Crippen LogP contribution in [-0.4, -0.2) is 18.1 Å².